The molecule has 0 fully saturated rings. The maximum atomic E-state index is 11.1. The summed E-state index contributed by atoms with van der Waals surface area (Å²) in [5.74, 6) is 0.243. The first kappa shape index (κ1) is 12.0. The SMILES string of the molecule is CCOC(CC)=C(C#N)S(C)(=O)=O. The van der Waals surface area contributed by atoms with Gasteiger partial charge in [0.15, 0.2) is 14.7 Å². The summed E-state index contributed by atoms with van der Waals surface area (Å²) in [4.78, 5) is -0.267. The van der Waals surface area contributed by atoms with Crippen molar-refractivity contribution < 1.29 is 13.2 Å². The Kier molecular flexibility index (Phi) is 4.49. The second kappa shape index (κ2) is 4.87. The third-order valence-electron chi connectivity index (χ3n) is 1.37. The maximum absolute atomic E-state index is 11.1. The normalized spacial score (nSPS) is 13.1. The molecular formula is C8H13NO3S. The molecule has 0 spiro atoms. The fraction of sp³-hybridized carbons (Fsp3) is 0.625. The molecule has 4 nitrogen and oxygen atoms in total. The van der Waals surface area contributed by atoms with Crippen molar-refractivity contribution in [1.82, 2.24) is 0 Å². The molecule has 13 heavy (non-hydrogen) atoms. The number of rotatable bonds is 4. The van der Waals surface area contributed by atoms with Crippen molar-refractivity contribution in [3.05, 3.63) is 10.7 Å². The summed E-state index contributed by atoms with van der Waals surface area (Å²) in [5, 5.41) is 8.62. The Morgan fingerprint density at radius 1 is 1.46 bits per heavy atom. The van der Waals surface area contributed by atoms with Crippen molar-refractivity contribution in [2.75, 3.05) is 12.9 Å². The zero-order chi connectivity index (χ0) is 10.5. The fourth-order valence-corrected chi connectivity index (χ4v) is 1.64. The molecule has 0 aromatic carbocycles. The van der Waals surface area contributed by atoms with E-state index in [9.17, 15) is 8.42 Å². The Morgan fingerprint density at radius 3 is 2.23 bits per heavy atom. The van der Waals surface area contributed by atoms with Gasteiger partial charge in [0.05, 0.1) is 6.61 Å². The lowest BCUT2D eigenvalue weighted by molar-refractivity contribution is 0.220. The Balaban J connectivity index is 5.23. The minimum Gasteiger partial charge on any atom is -0.496 e. The number of hydrogen-bond donors (Lipinski definition) is 0. The topological polar surface area (TPSA) is 67.2 Å². The molecular weight excluding hydrogens is 190 g/mol. The van der Waals surface area contributed by atoms with Gasteiger partial charge in [0.25, 0.3) is 0 Å². The molecule has 0 saturated carbocycles. The summed E-state index contributed by atoms with van der Waals surface area (Å²) in [6.07, 6.45) is 1.41. The highest BCUT2D eigenvalue weighted by atomic mass is 32.2. The number of nitriles is 1. The molecule has 0 amide bonds. The van der Waals surface area contributed by atoms with Crippen LogP contribution in [0.25, 0.3) is 0 Å². The first-order valence-electron chi connectivity index (χ1n) is 3.93. The van der Waals surface area contributed by atoms with Crippen LogP contribution in [0.3, 0.4) is 0 Å². The highest BCUT2D eigenvalue weighted by Gasteiger charge is 2.16. The fourth-order valence-electron chi connectivity index (χ4n) is 0.854. The van der Waals surface area contributed by atoms with E-state index in [0.717, 1.165) is 6.26 Å². The first-order chi connectivity index (χ1) is 5.97. The van der Waals surface area contributed by atoms with Crippen LogP contribution in [0, 0.1) is 11.3 Å². The average molecular weight is 203 g/mol. The minimum absolute atomic E-state index is 0.243. The van der Waals surface area contributed by atoms with Gasteiger partial charge in [-0.15, -0.1) is 0 Å². The van der Waals surface area contributed by atoms with E-state index in [-0.39, 0.29) is 10.7 Å². The molecule has 0 aliphatic heterocycles. The van der Waals surface area contributed by atoms with E-state index in [1.165, 1.54) is 0 Å². The van der Waals surface area contributed by atoms with Crippen LogP contribution < -0.4 is 0 Å². The smallest absolute Gasteiger partial charge is 0.188 e. The molecule has 0 aromatic heterocycles. The first-order valence-corrected chi connectivity index (χ1v) is 5.82. The summed E-state index contributed by atoms with van der Waals surface area (Å²) in [5.41, 5.74) is 0. The second-order valence-electron chi connectivity index (χ2n) is 2.42. The van der Waals surface area contributed by atoms with Gasteiger partial charge in [-0.2, -0.15) is 5.26 Å². The molecule has 5 heteroatoms. The zero-order valence-corrected chi connectivity index (χ0v) is 8.81. The summed E-state index contributed by atoms with van der Waals surface area (Å²) < 4.78 is 27.2. The van der Waals surface area contributed by atoms with E-state index < -0.39 is 9.84 Å². The number of hydrogen-bond acceptors (Lipinski definition) is 4. The van der Waals surface area contributed by atoms with Crippen molar-refractivity contribution in [2.24, 2.45) is 0 Å². The number of nitrogens with zero attached hydrogens (tertiary/aromatic N) is 1. The molecule has 0 saturated heterocycles. The van der Waals surface area contributed by atoms with Crippen molar-refractivity contribution in [2.45, 2.75) is 20.3 Å². The van der Waals surface area contributed by atoms with Gasteiger partial charge in [-0.3, -0.25) is 0 Å². The van der Waals surface area contributed by atoms with Gasteiger partial charge < -0.3 is 4.74 Å². The van der Waals surface area contributed by atoms with Crippen molar-refractivity contribution in [3.63, 3.8) is 0 Å². The van der Waals surface area contributed by atoms with Gasteiger partial charge in [0.2, 0.25) is 0 Å². The van der Waals surface area contributed by atoms with Crippen LogP contribution in [-0.2, 0) is 14.6 Å². The van der Waals surface area contributed by atoms with Gasteiger partial charge in [0, 0.05) is 12.7 Å². The quantitative estimate of drug-likeness (QED) is 0.509. The molecule has 0 aliphatic rings. The predicted molar refractivity (Wildman–Crippen MR) is 49.4 cm³/mol. The van der Waals surface area contributed by atoms with Crippen LogP contribution in [-0.4, -0.2) is 21.3 Å². The average Bonchev–Trinajstić information content (AvgIpc) is 2.01. The monoisotopic (exact) mass is 203 g/mol. The summed E-state index contributed by atoms with van der Waals surface area (Å²) >= 11 is 0. The molecule has 0 radical (unpaired) electrons. The molecule has 0 N–H and O–H groups in total. The predicted octanol–water partition coefficient (Wildman–Crippen LogP) is 1.21. The van der Waals surface area contributed by atoms with Crippen molar-refractivity contribution in [3.8, 4) is 6.07 Å². The standard InChI is InChI=1S/C8H13NO3S/c1-4-7(12-5-2)8(6-9)13(3,10)11/h4-5H2,1-3H3. The van der Waals surface area contributed by atoms with Crippen LogP contribution in [0.5, 0.6) is 0 Å². The minimum atomic E-state index is -3.45. The van der Waals surface area contributed by atoms with E-state index in [1.54, 1.807) is 19.9 Å². The summed E-state index contributed by atoms with van der Waals surface area (Å²) in [6.45, 7) is 3.85. The van der Waals surface area contributed by atoms with Gasteiger partial charge in [-0.25, -0.2) is 8.42 Å². The van der Waals surface area contributed by atoms with Crippen LogP contribution >= 0.6 is 0 Å². The summed E-state index contributed by atoms with van der Waals surface area (Å²) in [6, 6.07) is 1.64. The third kappa shape index (κ3) is 3.47. The molecule has 0 unspecified atom stereocenters. The van der Waals surface area contributed by atoms with Crippen LogP contribution in [0.2, 0.25) is 0 Å². The van der Waals surface area contributed by atoms with Crippen LogP contribution in [0.1, 0.15) is 20.3 Å². The maximum Gasteiger partial charge on any atom is 0.188 e. The lowest BCUT2D eigenvalue weighted by Crippen LogP contribution is -2.05. The number of ether oxygens (including phenoxy) is 1. The molecule has 0 aromatic rings. The van der Waals surface area contributed by atoms with Gasteiger partial charge in [-0.05, 0) is 6.92 Å². The molecule has 0 heterocycles. The molecule has 0 aliphatic carbocycles. The van der Waals surface area contributed by atoms with Crippen molar-refractivity contribution >= 4 is 9.84 Å². The third-order valence-corrected chi connectivity index (χ3v) is 2.43. The highest BCUT2D eigenvalue weighted by Crippen LogP contribution is 2.14. The lowest BCUT2D eigenvalue weighted by Gasteiger charge is -2.07. The van der Waals surface area contributed by atoms with E-state index in [4.69, 9.17) is 10.00 Å². The Morgan fingerprint density at radius 2 is 2.00 bits per heavy atom. The van der Waals surface area contributed by atoms with E-state index in [1.807, 2.05) is 0 Å². The Hall–Kier alpha value is -1.02. The molecule has 0 atom stereocenters. The van der Waals surface area contributed by atoms with Gasteiger partial charge in [0.1, 0.15) is 11.8 Å². The summed E-state index contributed by atoms with van der Waals surface area (Å²) in [7, 11) is -3.45. The molecule has 0 bridgehead atoms. The lowest BCUT2D eigenvalue weighted by atomic mass is 10.3. The molecule has 74 valence electrons. The highest BCUT2D eigenvalue weighted by molar-refractivity contribution is 7.94. The van der Waals surface area contributed by atoms with E-state index in [0.29, 0.717) is 13.0 Å². The van der Waals surface area contributed by atoms with Crippen LogP contribution in [0.4, 0.5) is 0 Å². The molecule has 0 rings (SSSR count). The van der Waals surface area contributed by atoms with E-state index >= 15 is 0 Å². The van der Waals surface area contributed by atoms with Gasteiger partial charge in [-0.1, -0.05) is 6.92 Å². The van der Waals surface area contributed by atoms with Crippen LogP contribution in [0.15, 0.2) is 10.7 Å². The number of sulfone groups is 1. The number of allylic oxidation sites excluding steroid dienone is 2. The second-order valence-corrected chi connectivity index (χ2v) is 4.38. The van der Waals surface area contributed by atoms with Gasteiger partial charge >= 0.3 is 0 Å². The Labute approximate surface area is 78.7 Å². The zero-order valence-electron chi connectivity index (χ0n) is 7.99. The van der Waals surface area contributed by atoms with Crippen molar-refractivity contribution in [1.29, 1.82) is 5.26 Å². The Bertz CT molecular complexity index is 335. The largest absolute Gasteiger partial charge is 0.496 e. The van der Waals surface area contributed by atoms with E-state index in [2.05, 4.69) is 0 Å².